The van der Waals surface area contributed by atoms with E-state index in [1.165, 1.54) is 0 Å². The van der Waals surface area contributed by atoms with Crippen molar-refractivity contribution in [3.05, 3.63) is 65.5 Å². The Bertz CT molecular complexity index is 1430. The van der Waals surface area contributed by atoms with Crippen LogP contribution in [0.2, 0.25) is 0 Å². The molecule has 0 aliphatic carbocycles. The highest BCUT2D eigenvalue weighted by molar-refractivity contribution is 5.97. The lowest BCUT2D eigenvalue weighted by molar-refractivity contribution is -0.135. The third-order valence-corrected chi connectivity index (χ3v) is 8.27. The molecule has 0 bridgehead atoms. The van der Waals surface area contributed by atoms with E-state index in [0.29, 0.717) is 61.6 Å². The van der Waals surface area contributed by atoms with E-state index < -0.39 is 5.41 Å². The number of carbonyl (C=O) groups is 3. The second-order valence-electron chi connectivity index (χ2n) is 11.1. The Morgan fingerprint density at radius 2 is 1.79 bits per heavy atom. The van der Waals surface area contributed by atoms with Gasteiger partial charge >= 0.3 is 0 Å². The summed E-state index contributed by atoms with van der Waals surface area (Å²) >= 11 is 0. The molecular formula is C31H38N6O5. The third kappa shape index (κ3) is 6.09. The normalized spacial score (nSPS) is 19.6. The number of hydrogen-bond donors (Lipinski definition) is 2. The molecule has 42 heavy (non-hydrogen) atoms. The molecule has 11 heteroatoms. The first-order valence-corrected chi connectivity index (χ1v) is 14.5. The van der Waals surface area contributed by atoms with Crippen molar-refractivity contribution in [1.82, 2.24) is 30.5 Å². The molecule has 1 atom stereocenters. The maximum Gasteiger partial charge on any atom is 0.276 e. The van der Waals surface area contributed by atoms with Gasteiger partial charge in [0.05, 0.1) is 35.5 Å². The average molecular weight is 575 g/mol. The highest BCUT2D eigenvalue weighted by Crippen LogP contribution is 2.38. The second-order valence-corrected chi connectivity index (χ2v) is 11.1. The quantitative estimate of drug-likeness (QED) is 0.491. The molecule has 1 fully saturated rings. The van der Waals surface area contributed by atoms with E-state index in [2.05, 4.69) is 20.9 Å². The van der Waals surface area contributed by atoms with Crippen LogP contribution in [0.15, 0.2) is 48.5 Å². The van der Waals surface area contributed by atoms with Crippen molar-refractivity contribution >= 4 is 17.7 Å². The van der Waals surface area contributed by atoms with Gasteiger partial charge < -0.3 is 25.0 Å². The number of hydrogen-bond acceptors (Lipinski definition) is 7. The molecule has 0 unspecified atom stereocenters. The average Bonchev–Trinajstić information content (AvgIpc) is 3.40. The first kappa shape index (κ1) is 29.1. The van der Waals surface area contributed by atoms with Gasteiger partial charge in [-0.25, -0.2) is 4.68 Å². The van der Waals surface area contributed by atoms with Gasteiger partial charge in [-0.1, -0.05) is 23.8 Å². The molecule has 3 aromatic rings. The van der Waals surface area contributed by atoms with Crippen molar-refractivity contribution in [3.8, 4) is 17.2 Å². The predicted octanol–water partition coefficient (Wildman–Crippen LogP) is 3.30. The van der Waals surface area contributed by atoms with Gasteiger partial charge in [0.15, 0.2) is 5.69 Å². The van der Waals surface area contributed by atoms with E-state index in [9.17, 15) is 14.4 Å². The van der Waals surface area contributed by atoms with Crippen LogP contribution in [0.1, 0.15) is 65.6 Å². The van der Waals surface area contributed by atoms with Crippen LogP contribution in [0.25, 0.3) is 5.69 Å². The topological polar surface area (TPSA) is 128 Å². The monoisotopic (exact) mass is 574 g/mol. The van der Waals surface area contributed by atoms with Gasteiger partial charge in [0, 0.05) is 19.6 Å². The van der Waals surface area contributed by atoms with E-state index in [1.54, 1.807) is 34.9 Å². The van der Waals surface area contributed by atoms with Crippen molar-refractivity contribution < 1.29 is 23.9 Å². The van der Waals surface area contributed by atoms with Crippen LogP contribution in [0, 0.1) is 12.3 Å². The highest BCUT2D eigenvalue weighted by atomic mass is 16.5. The van der Waals surface area contributed by atoms with Crippen molar-refractivity contribution in [2.75, 3.05) is 33.4 Å². The van der Waals surface area contributed by atoms with Crippen LogP contribution >= 0.6 is 0 Å². The van der Waals surface area contributed by atoms with E-state index in [4.69, 9.17) is 9.47 Å². The SMILES string of the molecule is COc1ccc(-n2nnc(C(=O)N3CCC4(CCCCNC(=O)c5ccccc5OC[C@@H](C)NC4=O)CC3)c2C)cc1. The molecule has 0 radical (unpaired) electrons. The van der Waals surface area contributed by atoms with Gasteiger partial charge in [-0.3, -0.25) is 14.4 Å². The standard InChI is InChI=1S/C31H38N6O5/c1-21-20-42-26-9-5-4-8-25(26)28(38)32-17-7-6-14-31(30(40)33-21)15-18-36(19-16-31)29(39)27-22(2)37(35-34-27)23-10-12-24(41-3)13-11-23/h4-5,8-13,21H,6-7,14-20H2,1-3H3,(H,32,38)(H,33,40)/t21-/m1/s1. The Morgan fingerprint density at radius 3 is 2.52 bits per heavy atom. The molecule has 11 nitrogen and oxygen atoms in total. The maximum atomic E-state index is 13.7. The summed E-state index contributed by atoms with van der Waals surface area (Å²) in [7, 11) is 1.61. The maximum absolute atomic E-state index is 13.7. The zero-order valence-corrected chi connectivity index (χ0v) is 24.4. The molecule has 1 saturated heterocycles. The van der Waals surface area contributed by atoms with E-state index in [-0.39, 0.29) is 30.4 Å². The summed E-state index contributed by atoms with van der Waals surface area (Å²) in [6.45, 7) is 5.35. The van der Waals surface area contributed by atoms with E-state index in [0.717, 1.165) is 24.3 Å². The summed E-state index contributed by atoms with van der Waals surface area (Å²) in [6, 6.07) is 14.3. The van der Waals surface area contributed by atoms with Gasteiger partial charge in [0.1, 0.15) is 18.1 Å². The van der Waals surface area contributed by atoms with Gasteiger partial charge in [-0.05, 0) is 75.9 Å². The lowest BCUT2D eigenvalue weighted by atomic mass is 9.73. The number of rotatable bonds is 3. The number of carbonyl (C=O) groups excluding carboxylic acids is 3. The summed E-state index contributed by atoms with van der Waals surface area (Å²) in [5.74, 6) is 0.858. The van der Waals surface area contributed by atoms with Crippen molar-refractivity contribution in [1.29, 1.82) is 0 Å². The van der Waals surface area contributed by atoms with Crippen molar-refractivity contribution in [3.63, 3.8) is 0 Å². The minimum Gasteiger partial charge on any atom is -0.497 e. The van der Waals surface area contributed by atoms with Crippen LogP contribution in [-0.2, 0) is 4.79 Å². The fourth-order valence-corrected chi connectivity index (χ4v) is 5.67. The molecule has 2 N–H and O–H groups in total. The molecule has 3 heterocycles. The molecule has 3 amide bonds. The number of nitrogens with zero attached hydrogens (tertiary/aromatic N) is 4. The molecule has 1 aromatic heterocycles. The highest BCUT2D eigenvalue weighted by Gasteiger charge is 2.42. The van der Waals surface area contributed by atoms with Crippen molar-refractivity contribution in [2.24, 2.45) is 5.41 Å². The number of para-hydroxylation sites is 1. The Balaban J connectivity index is 1.26. The zero-order chi connectivity index (χ0) is 29.7. The molecule has 5 rings (SSSR count). The van der Waals surface area contributed by atoms with Gasteiger partial charge in [0.2, 0.25) is 5.91 Å². The van der Waals surface area contributed by atoms with Gasteiger partial charge in [-0.2, -0.15) is 0 Å². The smallest absolute Gasteiger partial charge is 0.276 e. The molecular weight excluding hydrogens is 536 g/mol. The Hall–Kier alpha value is -4.41. The first-order valence-electron chi connectivity index (χ1n) is 14.5. The number of methoxy groups -OCH3 is 1. The first-order chi connectivity index (χ1) is 20.3. The van der Waals surface area contributed by atoms with Crippen molar-refractivity contribution in [2.45, 2.75) is 52.0 Å². The summed E-state index contributed by atoms with van der Waals surface area (Å²) in [6.07, 6.45) is 3.28. The van der Waals surface area contributed by atoms with Crippen LogP contribution in [0.4, 0.5) is 0 Å². The molecule has 2 aromatic carbocycles. The minimum absolute atomic E-state index is 0.0123. The lowest BCUT2D eigenvalue weighted by Gasteiger charge is -2.41. The number of amides is 3. The van der Waals surface area contributed by atoms with Crippen LogP contribution in [0.3, 0.4) is 0 Å². The number of likely N-dealkylation sites (tertiary alicyclic amines) is 1. The van der Waals surface area contributed by atoms with Crippen LogP contribution < -0.4 is 20.1 Å². The predicted molar refractivity (Wildman–Crippen MR) is 156 cm³/mol. The molecule has 222 valence electrons. The van der Waals surface area contributed by atoms with Gasteiger partial charge in [-0.15, -0.1) is 5.10 Å². The third-order valence-electron chi connectivity index (χ3n) is 8.27. The number of fused-ring (bicyclic) bond motifs is 1. The molecule has 2 aliphatic heterocycles. The summed E-state index contributed by atoms with van der Waals surface area (Å²) in [4.78, 5) is 41.7. The summed E-state index contributed by atoms with van der Waals surface area (Å²) in [5, 5.41) is 14.6. The Morgan fingerprint density at radius 1 is 1.05 bits per heavy atom. The Kier molecular flexibility index (Phi) is 8.75. The zero-order valence-electron chi connectivity index (χ0n) is 24.4. The number of piperidine rings is 1. The second kappa shape index (κ2) is 12.6. The molecule has 2 aliphatic rings. The van der Waals surface area contributed by atoms with Crippen LogP contribution in [-0.4, -0.2) is 77.0 Å². The van der Waals surface area contributed by atoms with Gasteiger partial charge in [0.25, 0.3) is 11.8 Å². The molecule has 1 spiro atoms. The number of aromatic nitrogens is 3. The lowest BCUT2D eigenvalue weighted by Crippen LogP contribution is -2.52. The van der Waals surface area contributed by atoms with E-state index in [1.807, 2.05) is 44.2 Å². The minimum atomic E-state index is -0.604. The fraction of sp³-hybridized carbons (Fsp3) is 0.452. The fourth-order valence-electron chi connectivity index (χ4n) is 5.67. The van der Waals surface area contributed by atoms with Crippen LogP contribution in [0.5, 0.6) is 11.5 Å². The number of nitrogens with one attached hydrogen (secondary N) is 2. The van der Waals surface area contributed by atoms with E-state index >= 15 is 0 Å². The summed E-state index contributed by atoms with van der Waals surface area (Å²) < 4.78 is 12.8. The number of benzene rings is 2. The Labute approximate surface area is 245 Å². The molecule has 0 saturated carbocycles. The largest absolute Gasteiger partial charge is 0.497 e. The summed E-state index contributed by atoms with van der Waals surface area (Å²) in [5.41, 5.74) is 1.62. The number of ether oxygens (including phenoxy) is 2.